The molecule has 1 aromatic carbocycles. The maximum Gasteiger partial charge on any atom is 0.242 e. The SMILES string of the molecule is CN1N=C(c2ccc(C=NN)cc2)CCC1=O. The second-order valence-corrected chi connectivity index (χ2v) is 3.86. The van der Waals surface area contributed by atoms with Crippen LogP contribution in [0.15, 0.2) is 34.5 Å². The number of carbonyl (C=O) groups is 1. The summed E-state index contributed by atoms with van der Waals surface area (Å²) >= 11 is 0. The van der Waals surface area contributed by atoms with E-state index < -0.39 is 0 Å². The number of hydrogen-bond donors (Lipinski definition) is 1. The van der Waals surface area contributed by atoms with E-state index in [2.05, 4.69) is 10.2 Å². The maximum atomic E-state index is 11.3. The van der Waals surface area contributed by atoms with Gasteiger partial charge in [-0.25, -0.2) is 5.01 Å². The Morgan fingerprint density at radius 1 is 1.35 bits per heavy atom. The van der Waals surface area contributed by atoms with Crippen molar-refractivity contribution in [2.75, 3.05) is 7.05 Å². The molecule has 0 bridgehead atoms. The first kappa shape index (κ1) is 11.3. The number of nitrogens with zero attached hydrogens (tertiary/aromatic N) is 3. The molecule has 88 valence electrons. The highest BCUT2D eigenvalue weighted by Crippen LogP contribution is 2.14. The molecule has 0 saturated heterocycles. The Balaban J connectivity index is 2.23. The van der Waals surface area contributed by atoms with Gasteiger partial charge in [-0.1, -0.05) is 24.3 Å². The van der Waals surface area contributed by atoms with Crippen molar-refractivity contribution in [2.45, 2.75) is 12.8 Å². The maximum absolute atomic E-state index is 11.3. The summed E-state index contributed by atoms with van der Waals surface area (Å²) in [5, 5.41) is 9.11. The molecule has 2 rings (SSSR count). The van der Waals surface area contributed by atoms with Crippen molar-refractivity contribution in [2.24, 2.45) is 16.0 Å². The quantitative estimate of drug-likeness (QED) is 0.466. The lowest BCUT2D eigenvalue weighted by Crippen LogP contribution is -2.28. The molecule has 0 unspecified atom stereocenters. The van der Waals surface area contributed by atoms with Crippen LogP contribution in [-0.4, -0.2) is 29.9 Å². The molecule has 0 saturated carbocycles. The summed E-state index contributed by atoms with van der Waals surface area (Å²) in [6.45, 7) is 0. The monoisotopic (exact) mass is 230 g/mol. The average molecular weight is 230 g/mol. The zero-order valence-electron chi connectivity index (χ0n) is 9.63. The summed E-state index contributed by atoms with van der Waals surface area (Å²) < 4.78 is 0. The van der Waals surface area contributed by atoms with Gasteiger partial charge < -0.3 is 5.84 Å². The standard InChI is InChI=1S/C12H14N4O/c1-16-12(17)7-6-11(15-16)10-4-2-9(3-5-10)8-14-13/h2-5,8H,6-7,13H2,1H3. The van der Waals surface area contributed by atoms with Gasteiger partial charge in [-0.15, -0.1) is 0 Å². The molecule has 2 N–H and O–H groups in total. The van der Waals surface area contributed by atoms with Gasteiger partial charge in [0.1, 0.15) is 0 Å². The molecule has 5 nitrogen and oxygen atoms in total. The van der Waals surface area contributed by atoms with E-state index in [9.17, 15) is 4.79 Å². The Morgan fingerprint density at radius 2 is 2.06 bits per heavy atom. The van der Waals surface area contributed by atoms with Crippen molar-refractivity contribution in [3.8, 4) is 0 Å². The largest absolute Gasteiger partial charge is 0.323 e. The van der Waals surface area contributed by atoms with E-state index in [4.69, 9.17) is 5.84 Å². The van der Waals surface area contributed by atoms with Crippen LogP contribution in [0.3, 0.4) is 0 Å². The van der Waals surface area contributed by atoms with Crippen LogP contribution < -0.4 is 5.84 Å². The fraction of sp³-hybridized carbons (Fsp3) is 0.250. The van der Waals surface area contributed by atoms with Crippen LogP contribution in [0.25, 0.3) is 0 Å². The molecule has 0 atom stereocenters. The predicted molar refractivity (Wildman–Crippen MR) is 66.8 cm³/mol. The van der Waals surface area contributed by atoms with Gasteiger partial charge in [0.15, 0.2) is 0 Å². The molecule has 0 aliphatic carbocycles. The molecule has 0 fully saturated rings. The summed E-state index contributed by atoms with van der Waals surface area (Å²) in [6.07, 6.45) is 2.79. The molecule has 17 heavy (non-hydrogen) atoms. The van der Waals surface area contributed by atoms with Crippen molar-refractivity contribution >= 4 is 17.8 Å². The van der Waals surface area contributed by atoms with Gasteiger partial charge in [-0.2, -0.15) is 10.2 Å². The minimum Gasteiger partial charge on any atom is -0.323 e. The Morgan fingerprint density at radius 3 is 2.65 bits per heavy atom. The smallest absolute Gasteiger partial charge is 0.242 e. The topological polar surface area (TPSA) is 71.1 Å². The minimum absolute atomic E-state index is 0.0561. The summed E-state index contributed by atoms with van der Waals surface area (Å²) in [5.74, 6) is 5.13. The van der Waals surface area contributed by atoms with Crippen LogP contribution in [0.2, 0.25) is 0 Å². The molecule has 1 amide bonds. The van der Waals surface area contributed by atoms with Crippen molar-refractivity contribution in [3.05, 3.63) is 35.4 Å². The number of benzene rings is 1. The highest BCUT2D eigenvalue weighted by molar-refractivity contribution is 6.04. The molecule has 1 aliphatic heterocycles. The first-order valence-corrected chi connectivity index (χ1v) is 5.38. The van der Waals surface area contributed by atoms with E-state index in [0.717, 1.165) is 16.8 Å². The van der Waals surface area contributed by atoms with E-state index in [1.54, 1.807) is 13.3 Å². The number of nitrogens with two attached hydrogens (primary N) is 1. The molecule has 1 heterocycles. The average Bonchev–Trinajstić information content (AvgIpc) is 2.34. The fourth-order valence-electron chi connectivity index (χ4n) is 1.72. The van der Waals surface area contributed by atoms with E-state index in [1.165, 1.54) is 5.01 Å². The molecule has 1 aromatic rings. The van der Waals surface area contributed by atoms with Gasteiger partial charge in [0.05, 0.1) is 11.9 Å². The van der Waals surface area contributed by atoms with E-state index in [-0.39, 0.29) is 5.91 Å². The Hall–Kier alpha value is -2.17. The number of hydrogen-bond acceptors (Lipinski definition) is 4. The van der Waals surface area contributed by atoms with Crippen LogP contribution in [0.4, 0.5) is 0 Å². The minimum atomic E-state index is 0.0561. The lowest BCUT2D eigenvalue weighted by Gasteiger charge is -2.19. The summed E-state index contributed by atoms with van der Waals surface area (Å²) in [4.78, 5) is 11.3. The third-order valence-electron chi connectivity index (χ3n) is 2.67. The third-order valence-corrected chi connectivity index (χ3v) is 2.67. The van der Waals surface area contributed by atoms with Crippen LogP contribution in [0.5, 0.6) is 0 Å². The number of rotatable bonds is 2. The van der Waals surface area contributed by atoms with Gasteiger partial charge in [0.25, 0.3) is 0 Å². The lowest BCUT2D eigenvalue weighted by molar-refractivity contribution is -0.130. The highest BCUT2D eigenvalue weighted by atomic mass is 16.2. The van der Waals surface area contributed by atoms with Crippen LogP contribution in [0, 0.1) is 0 Å². The highest BCUT2D eigenvalue weighted by Gasteiger charge is 2.17. The predicted octanol–water partition coefficient (Wildman–Crippen LogP) is 0.936. The lowest BCUT2D eigenvalue weighted by atomic mass is 10.0. The van der Waals surface area contributed by atoms with Gasteiger partial charge >= 0.3 is 0 Å². The first-order chi connectivity index (χ1) is 8.20. The fourth-order valence-corrected chi connectivity index (χ4v) is 1.72. The second kappa shape index (κ2) is 4.78. The van der Waals surface area contributed by atoms with Gasteiger partial charge in [-0.3, -0.25) is 4.79 Å². The number of hydrazone groups is 2. The van der Waals surface area contributed by atoms with Crippen molar-refractivity contribution in [3.63, 3.8) is 0 Å². The molecule has 0 aromatic heterocycles. The van der Waals surface area contributed by atoms with E-state index in [0.29, 0.717) is 12.8 Å². The van der Waals surface area contributed by atoms with E-state index in [1.807, 2.05) is 24.3 Å². The molecule has 1 aliphatic rings. The zero-order valence-corrected chi connectivity index (χ0v) is 9.63. The van der Waals surface area contributed by atoms with E-state index >= 15 is 0 Å². The zero-order chi connectivity index (χ0) is 12.3. The number of amides is 1. The first-order valence-electron chi connectivity index (χ1n) is 5.38. The molecule has 0 radical (unpaired) electrons. The second-order valence-electron chi connectivity index (χ2n) is 3.86. The summed E-state index contributed by atoms with van der Waals surface area (Å²) in [5.41, 5.74) is 2.90. The molecule has 5 heteroatoms. The third kappa shape index (κ3) is 2.50. The van der Waals surface area contributed by atoms with Crippen LogP contribution in [0.1, 0.15) is 24.0 Å². The molecular weight excluding hydrogens is 216 g/mol. The molecule has 0 spiro atoms. The van der Waals surface area contributed by atoms with Crippen molar-refractivity contribution < 1.29 is 4.79 Å². The summed E-state index contributed by atoms with van der Waals surface area (Å²) in [7, 11) is 1.68. The van der Waals surface area contributed by atoms with Crippen LogP contribution in [-0.2, 0) is 4.79 Å². The van der Waals surface area contributed by atoms with Crippen LogP contribution >= 0.6 is 0 Å². The van der Waals surface area contributed by atoms with Gasteiger partial charge in [0.2, 0.25) is 5.91 Å². The van der Waals surface area contributed by atoms with Crippen molar-refractivity contribution in [1.82, 2.24) is 5.01 Å². The van der Waals surface area contributed by atoms with Gasteiger partial charge in [-0.05, 0) is 11.1 Å². The molecular formula is C12H14N4O. The Labute approximate surface area is 99.6 Å². The van der Waals surface area contributed by atoms with Crippen molar-refractivity contribution in [1.29, 1.82) is 0 Å². The number of carbonyl (C=O) groups excluding carboxylic acids is 1. The summed E-state index contributed by atoms with van der Waals surface area (Å²) in [6, 6.07) is 7.76. The Bertz CT molecular complexity index is 476. The Kier molecular flexibility index (Phi) is 3.18. The van der Waals surface area contributed by atoms with Gasteiger partial charge in [0, 0.05) is 19.9 Å². The normalized spacial score (nSPS) is 16.4.